The largest absolute Gasteiger partial charge is 0.479 e. The molecule has 0 aliphatic rings. The predicted octanol–water partition coefficient (Wildman–Crippen LogP) is 2.30. The number of hydrogen-bond acceptors (Lipinski definition) is 2. The number of carboxylic acid groups (broad SMARTS) is 1. The van der Waals surface area contributed by atoms with Crippen LogP contribution in [-0.4, -0.2) is 23.8 Å². The van der Waals surface area contributed by atoms with Crippen molar-refractivity contribution in [3.8, 4) is 0 Å². The third kappa shape index (κ3) is 2.99. The molecule has 2 atom stereocenters. The Balaban J connectivity index is 4.48. The van der Waals surface area contributed by atoms with Crippen molar-refractivity contribution in [2.75, 3.05) is 7.11 Å². The second-order valence-electron chi connectivity index (χ2n) is 3.57. The topological polar surface area (TPSA) is 46.5 Å². The Hall–Kier alpha value is -0.570. The lowest BCUT2D eigenvalue weighted by Gasteiger charge is -2.29. The summed E-state index contributed by atoms with van der Waals surface area (Å²) < 4.78 is 5.12. The summed E-state index contributed by atoms with van der Waals surface area (Å²) in [4.78, 5) is 11.0. The first-order valence-corrected chi connectivity index (χ1v) is 4.81. The second-order valence-corrected chi connectivity index (χ2v) is 3.57. The third-order valence-electron chi connectivity index (χ3n) is 2.73. The van der Waals surface area contributed by atoms with Crippen LogP contribution in [0.5, 0.6) is 0 Å². The van der Waals surface area contributed by atoms with Gasteiger partial charge in [0.15, 0.2) is 5.60 Å². The monoisotopic (exact) mass is 188 g/mol. The fourth-order valence-corrected chi connectivity index (χ4v) is 1.41. The Bertz CT molecular complexity index is 162. The molecule has 0 saturated heterocycles. The first kappa shape index (κ1) is 12.4. The van der Waals surface area contributed by atoms with Gasteiger partial charge in [-0.25, -0.2) is 4.79 Å². The average molecular weight is 188 g/mol. The van der Waals surface area contributed by atoms with E-state index in [0.717, 1.165) is 6.42 Å². The maximum absolute atomic E-state index is 11.0. The summed E-state index contributed by atoms with van der Waals surface area (Å²) in [5.74, 6) is -0.464. The molecule has 0 saturated carbocycles. The van der Waals surface area contributed by atoms with Crippen LogP contribution in [0.3, 0.4) is 0 Å². The zero-order valence-corrected chi connectivity index (χ0v) is 8.96. The minimum atomic E-state index is -0.977. The van der Waals surface area contributed by atoms with E-state index in [4.69, 9.17) is 9.84 Å². The first-order valence-electron chi connectivity index (χ1n) is 4.81. The molecule has 0 aliphatic heterocycles. The van der Waals surface area contributed by atoms with Gasteiger partial charge in [0.2, 0.25) is 0 Å². The molecule has 0 aromatic rings. The molecular formula is C10H20O3. The van der Waals surface area contributed by atoms with Gasteiger partial charge in [0.05, 0.1) is 0 Å². The Morgan fingerprint density at radius 3 is 2.31 bits per heavy atom. The summed E-state index contributed by atoms with van der Waals surface area (Å²) in [6.07, 6.45) is 2.09. The normalized spacial score (nSPS) is 17.8. The third-order valence-corrected chi connectivity index (χ3v) is 2.73. The Kier molecular flexibility index (Phi) is 4.99. The minimum absolute atomic E-state index is 0.385. The van der Waals surface area contributed by atoms with Crippen LogP contribution in [0.2, 0.25) is 0 Å². The first-order chi connectivity index (χ1) is 6.02. The molecule has 0 aliphatic carbocycles. The van der Waals surface area contributed by atoms with Crippen molar-refractivity contribution in [3.05, 3.63) is 0 Å². The van der Waals surface area contributed by atoms with E-state index in [-0.39, 0.29) is 0 Å². The fraction of sp³-hybridized carbons (Fsp3) is 0.900. The highest BCUT2D eigenvalue weighted by atomic mass is 16.5. The maximum Gasteiger partial charge on any atom is 0.335 e. The standard InChI is InChI=1S/C10H20O3/c1-5-8(3)7-10(6-2,13-4)9(11)12/h8H,5-7H2,1-4H3,(H,11,12). The summed E-state index contributed by atoms with van der Waals surface area (Å²) in [5.41, 5.74) is -0.977. The molecule has 1 N–H and O–H groups in total. The van der Waals surface area contributed by atoms with E-state index in [1.54, 1.807) is 0 Å². The lowest BCUT2D eigenvalue weighted by Crippen LogP contribution is -2.41. The molecule has 0 heterocycles. The van der Waals surface area contributed by atoms with Crippen molar-refractivity contribution >= 4 is 5.97 Å². The van der Waals surface area contributed by atoms with Crippen LogP contribution < -0.4 is 0 Å². The van der Waals surface area contributed by atoms with E-state index in [2.05, 4.69) is 6.92 Å². The van der Waals surface area contributed by atoms with E-state index in [0.29, 0.717) is 18.8 Å². The van der Waals surface area contributed by atoms with Gasteiger partial charge in [0, 0.05) is 7.11 Å². The molecule has 0 fully saturated rings. The van der Waals surface area contributed by atoms with Gasteiger partial charge >= 0.3 is 5.97 Å². The van der Waals surface area contributed by atoms with Crippen LogP contribution in [0.25, 0.3) is 0 Å². The molecule has 0 spiro atoms. The average Bonchev–Trinajstić information content (AvgIpc) is 2.13. The number of rotatable bonds is 6. The Morgan fingerprint density at radius 1 is 1.54 bits per heavy atom. The minimum Gasteiger partial charge on any atom is -0.479 e. The summed E-state index contributed by atoms with van der Waals surface area (Å²) in [6.45, 7) is 5.95. The molecule has 3 nitrogen and oxygen atoms in total. The van der Waals surface area contributed by atoms with Crippen molar-refractivity contribution in [1.82, 2.24) is 0 Å². The number of carbonyl (C=O) groups is 1. The molecular weight excluding hydrogens is 168 g/mol. The van der Waals surface area contributed by atoms with E-state index in [1.807, 2.05) is 13.8 Å². The molecule has 13 heavy (non-hydrogen) atoms. The van der Waals surface area contributed by atoms with Gasteiger partial charge in [-0.3, -0.25) is 0 Å². The highest BCUT2D eigenvalue weighted by Crippen LogP contribution is 2.26. The molecule has 2 unspecified atom stereocenters. The van der Waals surface area contributed by atoms with Crippen LogP contribution in [-0.2, 0) is 9.53 Å². The quantitative estimate of drug-likeness (QED) is 0.695. The predicted molar refractivity (Wildman–Crippen MR) is 51.7 cm³/mol. The van der Waals surface area contributed by atoms with Crippen LogP contribution in [0.15, 0.2) is 0 Å². The lowest BCUT2D eigenvalue weighted by atomic mass is 9.88. The van der Waals surface area contributed by atoms with E-state index >= 15 is 0 Å². The molecule has 0 radical (unpaired) electrons. The summed E-state index contributed by atoms with van der Waals surface area (Å²) in [5, 5.41) is 9.04. The zero-order chi connectivity index (χ0) is 10.5. The van der Waals surface area contributed by atoms with Gasteiger partial charge < -0.3 is 9.84 Å². The van der Waals surface area contributed by atoms with Crippen molar-refractivity contribution in [2.45, 2.75) is 45.6 Å². The second kappa shape index (κ2) is 5.22. The summed E-state index contributed by atoms with van der Waals surface area (Å²) in [7, 11) is 1.47. The number of methoxy groups -OCH3 is 1. The van der Waals surface area contributed by atoms with Gasteiger partial charge in [0.25, 0.3) is 0 Å². The molecule has 78 valence electrons. The summed E-state index contributed by atoms with van der Waals surface area (Å²) in [6, 6.07) is 0. The van der Waals surface area contributed by atoms with Crippen LogP contribution in [0.1, 0.15) is 40.0 Å². The Labute approximate surface area is 80.1 Å². The lowest BCUT2D eigenvalue weighted by molar-refractivity contribution is -0.165. The van der Waals surface area contributed by atoms with Crippen LogP contribution >= 0.6 is 0 Å². The smallest absolute Gasteiger partial charge is 0.335 e. The number of carboxylic acids is 1. The van der Waals surface area contributed by atoms with Crippen molar-refractivity contribution < 1.29 is 14.6 Å². The molecule has 0 amide bonds. The van der Waals surface area contributed by atoms with E-state index < -0.39 is 11.6 Å². The maximum atomic E-state index is 11.0. The SMILES string of the molecule is CCC(C)CC(CC)(OC)C(=O)O. The van der Waals surface area contributed by atoms with Gasteiger partial charge in [-0.15, -0.1) is 0 Å². The number of hydrogen-bond donors (Lipinski definition) is 1. The van der Waals surface area contributed by atoms with Crippen LogP contribution in [0.4, 0.5) is 0 Å². The molecule has 0 rings (SSSR count). The molecule has 0 aromatic carbocycles. The van der Waals surface area contributed by atoms with Gasteiger partial charge in [0.1, 0.15) is 0 Å². The van der Waals surface area contributed by atoms with E-state index in [1.165, 1.54) is 7.11 Å². The number of aliphatic carboxylic acids is 1. The fourth-order valence-electron chi connectivity index (χ4n) is 1.41. The molecule has 0 bridgehead atoms. The molecule has 3 heteroatoms. The van der Waals surface area contributed by atoms with Crippen LogP contribution in [0, 0.1) is 5.92 Å². The van der Waals surface area contributed by atoms with Crippen molar-refractivity contribution in [1.29, 1.82) is 0 Å². The van der Waals surface area contributed by atoms with Crippen molar-refractivity contribution in [3.63, 3.8) is 0 Å². The number of ether oxygens (including phenoxy) is 1. The zero-order valence-electron chi connectivity index (χ0n) is 8.96. The van der Waals surface area contributed by atoms with Crippen molar-refractivity contribution in [2.24, 2.45) is 5.92 Å². The van der Waals surface area contributed by atoms with Gasteiger partial charge in [-0.05, 0) is 18.8 Å². The highest BCUT2D eigenvalue weighted by molar-refractivity contribution is 5.77. The van der Waals surface area contributed by atoms with Gasteiger partial charge in [-0.1, -0.05) is 27.2 Å². The Morgan fingerprint density at radius 2 is 2.08 bits per heavy atom. The summed E-state index contributed by atoms with van der Waals surface area (Å²) >= 11 is 0. The highest BCUT2D eigenvalue weighted by Gasteiger charge is 2.37. The van der Waals surface area contributed by atoms with E-state index in [9.17, 15) is 4.79 Å². The van der Waals surface area contributed by atoms with Gasteiger partial charge in [-0.2, -0.15) is 0 Å². The molecule has 0 aromatic heterocycles.